The molecule has 1 aromatic rings. The van der Waals surface area contributed by atoms with Gasteiger partial charge in [-0.05, 0) is 20.8 Å². The molecule has 98 valence electrons. The highest BCUT2D eigenvalue weighted by Crippen LogP contribution is 2.03. The molecular weight excluding hydrogens is 232 g/mol. The highest BCUT2D eigenvalue weighted by atomic mass is 16.1. The van der Waals surface area contributed by atoms with Gasteiger partial charge in [-0.15, -0.1) is 0 Å². The summed E-state index contributed by atoms with van der Waals surface area (Å²) in [5.74, 6) is 0.782. The Morgan fingerprint density at radius 2 is 2.17 bits per heavy atom. The van der Waals surface area contributed by atoms with Crippen LogP contribution in [-0.2, 0) is 4.79 Å². The molecule has 18 heavy (non-hydrogen) atoms. The van der Waals surface area contributed by atoms with Gasteiger partial charge in [-0.1, -0.05) is 0 Å². The first-order valence-corrected chi connectivity index (χ1v) is 5.59. The number of aryl methyl sites for hydroxylation is 1. The van der Waals surface area contributed by atoms with Gasteiger partial charge in [0.05, 0.1) is 12.6 Å². The number of nitrogens with two attached hydrogens (primary N) is 2. The van der Waals surface area contributed by atoms with Crippen molar-refractivity contribution in [3.63, 3.8) is 0 Å². The van der Waals surface area contributed by atoms with Gasteiger partial charge < -0.3 is 16.5 Å². The molecule has 1 heterocycles. The van der Waals surface area contributed by atoms with Gasteiger partial charge in [0.15, 0.2) is 5.84 Å². The number of nitrogens with one attached hydrogen (secondary N) is 1. The maximum Gasteiger partial charge on any atom is 0.224 e. The molecule has 5 N–H and O–H groups in total. The van der Waals surface area contributed by atoms with E-state index in [-0.39, 0.29) is 18.3 Å². The minimum atomic E-state index is -0.527. The fourth-order valence-electron chi connectivity index (χ4n) is 1.29. The zero-order chi connectivity index (χ0) is 13.7. The normalized spacial score (nSPS) is 13.1. The molecule has 0 saturated carbocycles. The molecule has 0 aliphatic carbocycles. The minimum absolute atomic E-state index is 0.0498. The van der Waals surface area contributed by atoms with Crippen LogP contribution in [0.2, 0.25) is 0 Å². The van der Waals surface area contributed by atoms with Crippen molar-refractivity contribution >= 4 is 17.6 Å². The number of aliphatic imine (C=N–C) groups is 2. The van der Waals surface area contributed by atoms with Crippen LogP contribution in [0, 0.1) is 6.92 Å². The van der Waals surface area contributed by atoms with Gasteiger partial charge in [-0.3, -0.25) is 9.79 Å². The first-order valence-electron chi connectivity index (χ1n) is 5.59. The topological polar surface area (TPSA) is 123 Å². The van der Waals surface area contributed by atoms with Crippen molar-refractivity contribution in [3.05, 3.63) is 17.7 Å². The lowest BCUT2D eigenvalue weighted by atomic mass is 10.3. The molecule has 0 bridgehead atoms. The molecule has 0 aromatic carbocycles. The number of imidazole rings is 1. The van der Waals surface area contributed by atoms with E-state index in [2.05, 4.69) is 20.0 Å². The van der Waals surface area contributed by atoms with Crippen LogP contribution in [0.4, 0.5) is 0 Å². The van der Waals surface area contributed by atoms with Crippen molar-refractivity contribution in [1.29, 1.82) is 0 Å². The van der Waals surface area contributed by atoms with E-state index in [9.17, 15) is 4.79 Å². The third kappa shape index (κ3) is 4.36. The van der Waals surface area contributed by atoms with Gasteiger partial charge in [0, 0.05) is 6.04 Å². The number of carbonyl (C=O) groups is 1. The molecule has 0 aliphatic heterocycles. The summed E-state index contributed by atoms with van der Waals surface area (Å²) in [5.41, 5.74) is 11.3. The van der Waals surface area contributed by atoms with Crippen LogP contribution in [0.3, 0.4) is 0 Å². The van der Waals surface area contributed by atoms with Crippen LogP contribution >= 0.6 is 0 Å². The number of hydrogen-bond donors (Lipinski definition) is 3. The quantitative estimate of drug-likeness (QED) is 0.519. The Morgan fingerprint density at radius 3 is 2.61 bits per heavy atom. The fourth-order valence-corrected chi connectivity index (χ4v) is 1.29. The van der Waals surface area contributed by atoms with E-state index in [1.54, 1.807) is 6.20 Å². The molecule has 7 nitrogen and oxygen atoms in total. The summed E-state index contributed by atoms with van der Waals surface area (Å²) in [6.45, 7) is 5.67. The number of primary amides is 1. The molecule has 0 saturated heterocycles. The lowest BCUT2D eigenvalue weighted by Gasteiger charge is -2.03. The van der Waals surface area contributed by atoms with Crippen molar-refractivity contribution in [2.45, 2.75) is 33.2 Å². The maximum absolute atomic E-state index is 10.8. The van der Waals surface area contributed by atoms with Gasteiger partial charge in [0.2, 0.25) is 5.91 Å². The number of nitrogens with zero attached hydrogens (tertiary/aromatic N) is 3. The van der Waals surface area contributed by atoms with E-state index < -0.39 is 5.91 Å². The van der Waals surface area contributed by atoms with Crippen molar-refractivity contribution in [3.8, 4) is 0 Å². The molecular formula is C11H18N6O. The van der Waals surface area contributed by atoms with E-state index >= 15 is 0 Å². The molecule has 1 rings (SSSR count). The van der Waals surface area contributed by atoms with Crippen molar-refractivity contribution in [2.24, 2.45) is 21.5 Å². The Hall–Kier alpha value is -2.18. The minimum Gasteiger partial charge on any atom is -0.387 e. The van der Waals surface area contributed by atoms with Crippen LogP contribution in [0.15, 0.2) is 16.2 Å². The van der Waals surface area contributed by atoms with E-state index in [0.29, 0.717) is 11.5 Å². The maximum atomic E-state index is 10.8. The van der Waals surface area contributed by atoms with Crippen LogP contribution in [0.25, 0.3) is 0 Å². The number of amides is 1. The standard InChI is InChI=1S/C11H18N6O/c1-6(2)15-11(8-5-14-7(3)16-8)17-9(12)4-10(13)18/h5-6H,4H2,1-3H3,(H2,13,18)(H,14,16)(H2,12,15,17). The summed E-state index contributed by atoms with van der Waals surface area (Å²) < 4.78 is 0. The van der Waals surface area contributed by atoms with Crippen molar-refractivity contribution in [1.82, 2.24) is 9.97 Å². The third-order valence-electron chi connectivity index (χ3n) is 1.93. The first-order chi connectivity index (χ1) is 8.38. The molecule has 0 atom stereocenters. The second-order valence-corrected chi connectivity index (χ2v) is 4.17. The molecule has 0 unspecified atom stereocenters. The highest BCUT2D eigenvalue weighted by molar-refractivity contribution is 6.08. The third-order valence-corrected chi connectivity index (χ3v) is 1.93. The summed E-state index contributed by atoms with van der Waals surface area (Å²) in [7, 11) is 0. The number of hydrogen-bond acceptors (Lipinski definition) is 3. The average molecular weight is 250 g/mol. The lowest BCUT2D eigenvalue weighted by Crippen LogP contribution is -2.23. The van der Waals surface area contributed by atoms with E-state index in [0.717, 1.165) is 5.82 Å². The summed E-state index contributed by atoms with van der Waals surface area (Å²) in [6, 6.07) is 0.0498. The van der Waals surface area contributed by atoms with Crippen molar-refractivity contribution < 1.29 is 4.79 Å². The SMILES string of the molecule is Cc1ncc(C(N=C(N)CC(N)=O)=NC(C)C)[nH]1. The zero-order valence-electron chi connectivity index (χ0n) is 10.8. The Bertz CT molecular complexity index is 485. The Kier molecular flexibility index (Phi) is 4.59. The van der Waals surface area contributed by atoms with Gasteiger partial charge in [0.25, 0.3) is 0 Å². The lowest BCUT2D eigenvalue weighted by molar-refractivity contribution is -0.116. The number of aromatic nitrogens is 2. The van der Waals surface area contributed by atoms with Gasteiger partial charge in [-0.25, -0.2) is 9.98 Å². The van der Waals surface area contributed by atoms with Gasteiger partial charge >= 0.3 is 0 Å². The van der Waals surface area contributed by atoms with Crippen molar-refractivity contribution in [2.75, 3.05) is 0 Å². The van der Waals surface area contributed by atoms with Gasteiger partial charge in [-0.2, -0.15) is 0 Å². The van der Waals surface area contributed by atoms with E-state index in [1.807, 2.05) is 20.8 Å². The average Bonchev–Trinajstić information content (AvgIpc) is 2.61. The second kappa shape index (κ2) is 5.95. The molecule has 0 aliphatic rings. The molecule has 1 aromatic heterocycles. The summed E-state index contributed by atoms with van der Waals surface area (Å²) in [5, 5.41) is 0. The zero-order valence-corrected chi connectivity index (χ0v) is 10.8. The smallest absolute Gasteiger partial charge is 0.224 e. The fraction of sp³-hybridized carbons (Fsp3) is 0.455. The summed E-state index contributed by atoms with van der Waals surface area (Å²) in [4.78, 5) is 26.3. The predicted molar refractivity (Wildman–Crippen MR) is 70.4 cm³/mol. The Morgan fingerprint density at radius 1 is 1.50 bits per heavy atom. The van der Waals surface area contributed by atoms with Gasteiger partial charge in [0.1, 0.15) is 17.4 Å². The first kappa shape index (κ1) is 13.9. The van der Waals surface area contributed by atoms with Crippen LogP contribution in [-0.4, -0.2) is 33.6 Å². The van der Waals surface area contributed by atoms with E-state index in [1.165, 1.54) is 0 Å². The van der Waals surface area contributed by atoms with Crippen LogP contribution in [0.5, 0.6) is 0 Å². The molecule has 7 heteroatoms. The molecule has 1 amide bonds. The second-order valence-electron chi connectivity index (χ2n) is 4.17. The number of H-pyrrole nitrogens is 1. The Labute approximate surface area is 105 Å². The number of amidine groups is 2. The highest BCUT2D eigenvalue weighted by Gasteiger charge is 2.08. The monoisotopic (exact) mass is 250 g/mol. The molecule has 0 fully saturated rings. The number of rotatable bonds is 4. The predicted octanol–water partition coefficient (Wildman–Crippen LogP) is 0.106. The largest absolute Gasteiger partial charge is 0.387 e. The Balaban J connectivity index is 3.04. The number of aromatic amines is 1. The number of carbonyl (C=O) groups excluding carboxylic acids is 1. The summed E-state index contributed by atoms with van der Waals surface area (Å²) >= 11 is 0. The van der Waals surface area contributed by atoms with E-state index in [4.69, 9.17) is 11.5 Å². The van der Waals surface area contributed by atoms with Crippen LogP contribution < -0.4 is 11.5 Å². The van der Waals surface area contributed by atoms with Crippen LogP contribution in [0.1, 0.15) is 31.8 Å². The molecule has 0 spiro atoms. The summed E-state index contributed by atoms with van der Waals surface area (Å²) in [6.07, 6.45) is 1.53. The molecule has 0 radical (unpaired) electrons.